The topological polar surface area (TPSA) is 58.6 Å². The molecular weight excluding hydrogens is 325 g/mol. The third kappa shape index (κ3) is 2.60. The summed E-state index contributed by atoms with van der Waals surface area (Å²) in [6, 6.07) is 0. The van der Waals surface area contributed by atoms with E-state index in [1.807, 2.05) is 4.90 Å². The van der Waals surface area contributed by atoms with Crippen LogP contribution >= 0.6 is 0 Å². The molecule has 1 amide bonds. The molecule has 0 aliphatic carbocycles. The zero-order chi connectivity index (χ0) is 16.9. The Bertz CT molecular complexity index is 649. The van der Waals surface area contributed by atoms with E-state index in [0.29, 0.717) is 32.3 Å². The van der Waals surface area contributed by atoms with Crippen LogP contribution in [0.1, 0.15) is 6.42 Å². The van der Waals surface area contributed by atoms with Crippen LogP contribution in [0.5, 0.6) is 0 Å². The summed E-state index contributed by atoms with van der Waals surface area (Å²) in [5.74, 6) is -3.02. The number of alkyl halides is 2. The standard InChI is InChI=1S/C15H17F3N4O2/c16-11-2-19-13(20-3-11)21-4-10-5-24-9-14(10,6-21)1-12(23)22-7-15(17,18)8-22/h2-3,10H,1,4-9H2/t10-,14+/m0/s1. The molecular formula is C15H17F3N4O2. The summed E-state index contributed by atoms with van der Waals surface area (Å²) in [7, 11) is 0. The van der Waals surface area contributed by atoms with E-state index >= 15 is 0 Å². The normalized spacial score (nSPS) is 31.0. The Hall–Kier alpha value is -1.90. The van der Waals surface area contributed by atoms with E-state index in [1.54, 1.807) is 0 Å². The average molecular weight is 342 g/mol. The number of fused-ring (bicyclic) bond motifs is 1. The molecule has 0 bridgehead atoms. The lowest BCUT2D eigenvalue weighted by atomic mass is 9.77. The number of hydrogen-bond acceptors (Lipinski definition) is 5. The van der Waals surface area contributed by atoms with Crippen molar-refractivity contribution in [3.8, 4) is 0 Å². The summed E-state index contributed by atoms with van der Waals surface area (Å²) in [6.07, 6.45) is 2.38. The van der Waals surface area contributed by atoms with Gasteiger partial charge in [-0.25, -0.2) is 23.1 Å². The van der Waals surface area contributed by atoms with E-state index in [1.165, 1.54) is 4.90 Å². The number of amides is 1. The number of hydrogen-bond donors (Lipinski definition) is 0. The van der Waals surface area contributed by atoms with Crippen molar-refractivity contribution in [1.82, 2.24) is 14.9 Å². The summed E-state index contributed by atoms with van der Waals surface area (Å²) >= 11 is 0. The number of ether oxygens (including phenoxy) is 1. The highest BCUT2D eigenvalue weighted by Gasteiger charge is 2.54. The molecule has 3 aliphatic heterocycles. The molecule has 24 heavy (non-hydrogen) atoms. The Morgan fingerprint density at radius 1 is 1.29 bits per heavy atom. The van der Waals surface area contributed by atoms with Gasteiger partial charge in [-0.1, -0.05) is 0 Å². The van der Waals surface area contributed by atoms with Gasteiger partial charge in [-0.05, 0) is 0 Å². The van der Waals surface area contributed by atoms with Crippen molar-refractivity contribution >= 4 is 11.9 Å². The summed E-state index contributed by atoms with van der Waals surface area (Å²) in [5.41, 5.74) is -0.417. The molecule has 3 aliphatic rings. The summed E-state index contributed by atoms with van der Waals surface area (Å²) in [6.45, 7) is 1.03. The molecule has 0 aromatic carbocycles. The Morgan fingerprint density at radius 2 is 2.00 bits per heavy atom. The lowest BCUT2D eigenvalue weighted by Gasteiger charge is -2.40. The van der Waals surface area contributed by atoms with Gasteiger partial charge < -0.3 is 14.5 Å². The van der Waals surface area contributed by atoms with Gasteiger partial charge in [0.1, 0.15) is 0 Å². The first kappa shape index (κ1) is 15.6. The Labute approximate surface area is 136 Å². The van der Waals surface area contributed by atoms with Crippen LogP contribution in [-0.2, 0) is 9.53 Å². The summed E-state index contributed by atoms with van der Waals surface area (Å²) in [4.78, 5) is 23.4. The first-order valence-electron chi connectivity index (χ1n) is 7.83. The molecule has 9 heteroatoms. The van der Waals surface area contributed by atoms with Gasteiger partial charge in [0.05, 0.1) is 38.7 Å². The molecule has 1 aromatic heterocycles. The highest BCUT2D eigenvalue weighted by molar-refractivity contribution is 5.78. The fourth-order valence-electron chi connectivity index (χ4n) is 3.80. The number of carbonyl (C=O) groups is 1. The average Bonchev–Trinajstić information content (AvgIpc) is 3.02. The zero-order valence-electron chi connectivity index (χ0n) is 12.9. The van der Waals surface area contributed by atoms with Crippen molar-refractivity contribution in [2.75, 3.05) is 44.3 Å². The van der Waals surface area contributed by atoms with Crippen LogP contribution in [0.15, 0.2) is 12.4 Å². The predicted molar refractivity (Wildman–Crippen MR) is 77.1 cm³/mol. The molecule has 130 valence electrons. The number of aromatic nitrogens is 2. The van der Waals surface area contributed by atoms with E-state index in [9.17, 15) is 18.0 Å². The number of anilines is 1. The molecule has 0 unspecified atom stereocenters. The molecule has 4 rings (SSSR count). The molecule has 0 saturated carbocycles. The van der Waals surface area contributed by atoms with Crippen LogP contribution in [0.4, 0.5) is 19.1 Å². The maximum atomic E-state index is 13.0. The number of carbonyl (C=O) groups excluding carboxylic acids is 1. The largest absolute Gasteiger partial charge is 0.380 e. The maximum Gasteiger partial charge on any atom is 0.282 e. The molecule has 0 radical (unpaired) electrons. The van der Waals surface area contributed by atoms with Crippen LogP contribution in [0.25, 0.3) is 0 Å². The number of nitrogens with zero attached hydrogens (tertiary/aromatic N) is 4. The van der Waals surface area contributed by atoms with E-state index in [0.717, 1.165) is 12.4 Å². The minimum Gasteiger partial charge on any atom is -0.380 e. The van der Waals surface area contributed by atoms with Gasteiger partial charge in [0, 0.05) is 30.8 Å². The Balaban J connectivity index is 1.47. The lowest BCUT2D eigenvalue weighted by molar-refractivity contribution is -0.168. The van der Waals surface area contributed by atoms with Crippen molar-refractivity contribution in [1.29, 1.82) is 0 Å². The van der Waals surface area contributed by atoms with Crippen LogP contribution in [0.2, 0.25) is 0 Å². The van der Waals surface area contributed by atoms with Crippen LogP contribution in [0, 0.1) is 17.2 Å². The number of rotatable bonds is 3. The Kier molecular flexibility index (Phi) is 3.45. The fraction of sp³-hybridized carbons (Fsp3) is 0.667. The second-order valence-corrected chi connectivity index (χ2v) is 6.94. The summed E-state index contributed by atoms with van der Waals surface area (Å²) in [5, 5.41) is 0. The van der Waals surface area contributed by atoms with E-state index in [4.69, 9.17) is 4.74 Å². The van der Waals surface area contributed by atoms with Gasteiger partial charge >= 0.3 is 0 Å². The number of likely N-dealkylation sites (tertiary alicyclic amines) is 1. The van der Waals surface area contributed by atoms with E-state index in [-0.39, 0.29) is 18.2 Å². The minimum atomic E-state index is -2.76. The highest BCUT2D eigenvalue weighted by atomic mass is 19.3. The van der Waals surface area contributed by atoms with Gasteiger partial charge in [0.15, 0.2) is 5.82 Å². The zero-order valence-corrected chi connectivity index (χ0v) is 12.9. The van der Waals surface area contributed by atoms with Gasteiger partial charge in [-0.15, -0.1) is 0 Å². The third-order valence-corrected chi connectivity index (χ3v) is 5.11. The van der Waals surface area contributed by atoms with Gasteiger partial charge in [0.2, 0.25) is 11.9 Å². The van der Waals surface area contributed by atoms with Crippen molar-refractivity contribution < 1.29 is 22.7 Å². The van der Waals surface area contributed by atoms with Crippen molar-refractivity contribution in [2.24, 2.45) is 11.3 Å². The molecule has 3 saturated heterocycles. The van der Waals surface area contributed by atoms with E-state index in [2.05, 4.69) is 9.97 Å². The maximum absolute atomic E-state index is 13.0. The SMILES string of the molecule is O=C(C[C@@]12COC[C@@H]1CN(c1ncc(F)cn1)C2)N1CC(F)(F)C1. The molecule has 0 spiro atoms. The molecule has 0 N–H and O–H groups in total. The third-order valence-electron chi connectivity index (χ3n) is 5.11. The van der Waals surface area contributed by atoms with E-state index < -0.39 is 30.2 Å². The fourth-order valence-corrected chi connectivity index (χ4v) is 3.80. The molecule has 2 atom stereocenters. The second-order valence-electron chi connectivity index (χ2n) is 6.94. The predicted octanol–water partition coefficient (Wildman–Crippen LogP) is 0.936. The smallest absolute Gasteiger partial charge is 0.282 e. The van der Waals surface area contributed by atoms with Crippen LogP contribution in [0.3, 0.4) is 0 Å². The van der Waals surface area contributed by atoms with Crippen molar-refractivity contribution in [3.63, 3.8) is 0 Å². The first-order valence-corrected chi connectivity index (χ1v) is 7.83. The minimum absolute atomic E-state index is 0.108. The van der Waals surface area contributed by atoms with Gasteiger partial charge in [-0.3, -0.25) is 4.79 Å². The number of halogens is 3. The van der Waals surface area contributed by atoms with Gasteiger partial charge in [0.25, 0.3) is 5.92 Å². The molecule has 1 aromatic rings. The molecule has 4 heterocycles. The van der Waals surface area contributed by atoms with Crippen molar-refractivity contribution in [2.45, 2.75) is 12.3 Å². The van der Waals surface area contributed by atoms with Crippen molar-refractivity contribution in [3.05, 3.63) is 18.2 Å². The first-order chi connectivity index (χ1) is 11.4. The van der Waals surface area contributed by atoms with Crippen LogP contribution in [-0.4, -0.2) is 66.1 Å². The molecule has 3 fully saturated rings. The Morgan fingerprint density at radius 3 is 2.67 bits per heavy atom. The monoisotopic (exact) mass is 342 g/mol. The summed E-state index contributed by atoms with van der Waals surface area (Å²) < 4.78 is 44.5. The highest BCUT2D eigenvalue weighted by Crippen LogP contribution is 2.45. The van der Waals surface area contributed by atoms with Crippen LogP contribution < -0.4 is 4.90 Å². The quantitative estimate of drug-likeness (QED) is 0.818. The second kappa shape index (κ2) is 5.30. The van der Waals surface area contributed by atoms with Gasteiger partial charge in [-0.2, -0.15) is 0 Å². The molecule has 6 nitrogen and oxygen atoms in total. The lowest BCUT2D eigenvalue weighted by Crippen LogP contribution is -2.59.